The van der Waals surface area contributed by atoms with Crippen molar-refractivity contribution in [3.63, 3.8) is 0 Å². The molecule has 0 fully saturated rings. The van der Waals surface area contributed by atoms with Gasteiger partial charge in [-0.25, -0.2) is 5.01 Å². The van der Waals surface area contributed by atoms with E-state index in [0.29, 0.717) is 16.7 Å². The normalized spacial score (nSPS) is 25.1. The Morgan fingerprint density at radius 3 is 2.04 bits per heavy atom. The summed E-state index contributed by atoms with van der Waals surface area (Å²) in [6, 6.07) is 24.8. The quantitative estimate of drug-likeness (QED) is 0.254. The molecule has 3 aliphatic rings. The Kier molecular flexibility index (Phi) is 9.01. The van der Waals surface area contributed by atoms with Crippen LogP contribution in [0.2, 0.25) is 0 Å². The average molecular weight is 635 g/mol. The molecule has 244 valence electrons. The van der Waals surface area contributed by atoms with Crippen LogP contribution < -0.4 is 15.2 Å². The number of rotatable bonds is 8. The largest absolute Gasteiger partial charge is 0.466 e. The van der Waals surface area contributed by atoms with Crippen molar-refractivity contribution in [2.75, 3.05) is 37.2 Å². The second-order valence-electron chi connectivity index (χ2n) is 12.6. The molecule has 0 radical (unpaired) electrons. The highest BCUT2D eigenvalue weighted by Gasteiger charge is 2.59. The number of benzene rings is 3. The number of hydrazone groups is 1. The standard InChI is InChI=1S/C38H42N4O5/c1-7-46-37(44)31-29(24-12-10-9-11-13-24)33(38(45)47-8-2)35(43)32-30(31)28-23(4)40-42(27-18-14-22(3)15-19-27)36(28)39-34(32)25-16-20-26(21-17-25)41(5)6/h9-21,28-29,31,33-34,36,39H,7-8H2,1-6H3/t28-,29-,31+,33+,34-,36+/m1/s1. The zero-order valence-corrected chi connectivity index (χ0v) is 27.8. The van der Waals surface area contributed by atoms with Gasteiger partial charge in [0.1, 0.15) is 12.1 Å². The third kappa shape index (κ3) is 5.73. The Labute approximate surface area is 276 Å². The van der Waals surface area contributed by atoms with Gasteiger partial charge in [-0.05, 0) is 68.7 Å². The number of anilines is 2. The van der Waals surface area contributed by atoms with Gasteiger partial charge < -0.3 is 14.4 Å². The minimum atomic E-state index is -1.24. The topological polar surface area (TPSA) is 101 Å². The molecule has 0 unspecified atom stereocenters. The molecule has 47 heavy (non-hydrogen) atoms. The van der Waals surface area contributed by atoms with Crippen molar-refractivity contribution in [2.24, 2.45) is 22.9 Å². The maximum absolute atomic E-state index is 15.0. The lowest BCUT2D eigenvalue weighted by Gasteiger charge is -2.47. The molecule has 3 aromatic carbocycles. The molecule has 6 rings (SSSR count). The molecule has 0 saturated heterocycles. The van der Waals surface area contributed by atoms with Crippen molar-refractivity contribution in [2.45, 2.75) is 45.8 Å². The zero-order valence-electron chi connectivity index (χ0n) is 27.8. The number of fused-ring (bicyclic) bond motifs is 2. The fourth-order valence-corrected chi connectivity index (χ4v) is 7.37. The molecule has 9 heteroatoms. The van der Waals surface area contributed by atoms with Gasteiger partial charge in [0.15, 0.2) is 5.78 Å². The fraction of sp³-hybridized carbons (Fsp3) is 0.368. The summed E-state index contributed by atoms with van der Waals surface area (Å²) >= 11 is 0. The zero-order chi connectivity index (χ0) is 33.4. The molecular formula is C38H42N4O5. The predicted molar refractivity (Wildman–Crippen MR) is 182 cm³/mol. The third-order valence-corrected chi connectivity index (χ3v) is 9.48. The summed E-state index contributed by atoms with van der Waals surface area (Å²) in [5.74, 6) is -4.88. The van der Waals surface area contributed by atoms with Crippen LogP contribution in [-0.2, 0) is 23.9 Å². The molecular weight excluding hydrogens is 592 g/mol. The SMILES string of the molecule is CCOC(=O)[C@@H]1C(=O)C2=C([C@@H](C(=O)OCC)[C@H]1c1ccccc1)[C@H]1C(C)=NN(c3ccc(C)cc3)[C@@H]1N[C@@H]2c1ccc(N(C)C)cc1. The van der Waals surface area contributed by atoms with Crippen LogP contribution in [0.1, 0.15) is 49.4 Å². The maximum Gasteiger partial charge on any atom is 0.317 e. The first-order chi connectivity index (χ1) is 22.7. The molecule has 1 N–H and O–H groups in total. The van der Waals surface area contributed by atoms with Crippen molar-refractivity contribution in [3.05, 3.63) is 107 Å². The monoisotopic (exact) mass is 634 g/mol. The Morgan fingerprint density at radius 2 is 1.45 bits per heavy atom. The highest BCUT2D eigenvalue weighted by Crippen LogP contribution is 2.54. The molecule has 9 nitrogen and oxygen atoms in total. The van der Waals surface area contributed by atoms with Crippen molar-refractivity contribution >= 4 is 34.8 Å². The van der Waals surface area contributed by atoms with Gasteiger partial charge >= 0.3 is 11.9 Å². The molecule has 0 bridgehead atoms. The van der Waals surface area contributed by atoms with E-state index in [9.17, 15) is 9.59 Å². The van der Waals surface area contributed by atoms with Crippen LogP contribution in [-0.4, -0.2) is 56.9 Å². The smallest absolute Gasteiger partial charge is 0.317 e. The van der Waals surface area contributed by atoms with Crippen LogP contribution in [0.4, 0.5) is 11.4 Å². The number of carbonyl (C=O) groups is 3. The second-order valence-corrected chi connectivity index (χ2v) is 12.6. The van der Waals surface area contributed by atoms with Gasteiger partial charge in [0.25, 0.3) is 0 Å². The molecule has 1 aliphatic carbocycles. The summed E-state index contributed by atoms with van der Waals surface area (Å²) < 4.78 is 11.3. The fourth-order valence-electron chi connectivity index (χ4n) is 7.37. The maximum atomic E-state index is 15.0. The second kappa shape index (κ2) is 13.2. The number of ketones is 1. The van der Waals surface area contributed by atoms with E-state index in [1.54, 1.807) is 13.8 Å². The molecule has 2 heterocycles. The average Bonchev–Trinajstić information content (AvgIpc) is 3.40. The van der Waals surface area contributed by atoms with Gasteiger partial charge in [-0.15, -0.1) is 0 Å². The Hall–Kier alpha value is -4.76. The highest BCUT2D eigenvalue weighted by atomic mass is 16.5. The minimum Gasteiger partial charge on any atom is -0.466 e. The molecule has 0 saturated carbocycles. The van der Waals surface area contributed by atoms with Gasteiger partial charge in [-0.1, -0.05) is 60.2 Å². The van der Waals surface area contributed by atoms with E-state index in [4.69, 9.17) is 14.6 Å². The van der Waals surface area contributed by atoms with Crippen molar-refractivity contribution in [1.82, 2.24) is 5.32 Å². The van der Waals surface area contributed by atoms with E-state index in [-0.39, 0.29) is 19.0 Å². The predicted octanol–water partition coefficient (Wildman–Crippen LogP) is 5.57. The van der Waals surface area contributed by atoms with Gasteiger partial charge in [0, 0.05) is 37.0 Å². The number of esters is 2. The van der Waals surface area contributed by atoms with Crippen LogP contribution in [0.25, 0.3) is 0 Å². The number of aryl methyl sites for hydroxylation is 1. The summed E-state index contributed by atoms with van der Waals surface area (Å²) in [7, 11) is 3.94. The van der Waals surface area contributed by atoms with Gasteiger partial charge in [0.05, 0.1) is 36.8 Å². The number of hydrogen-bond acceptors (Lipinski definition) is 9. The van der Waals surface area contributed by atoms with Crippen LogP contribution in [0, 0.1) is 24.7 Å². The Morgan fingerprint density at radius 1 is 0.830 bits per heavy atom. The van der Waals surface area contributed by atoms with Crippen molar-refractivity contribution in [3.8, 4) is 0 Å². The first-order valence-corrected chi connectivity index (χ1v) is 16.3. The van der Waals surface area contributed by atoms with E-state index < -0.39 is 47.8 Å². The number of nitrogens with zero attached hydrogens (tertiary/aromatic N) is 3. The van der Waals surface area contributed by atoms with Crippen LogP contribution in [0.15, 0.2) is 95.1 Å². The molecule has 0 spiro atoms. The van der Waals surface area contributed by atoms with Crippen LogP contribution >= 0.6 is 0 Å². The molecule has 3 aromatic rings. The van der Waals surface area contributed by atoms with E-state index in [0.717, 1.165) is 28.2 Å². The van der Waals surface area contributed by atoms with Crippen LogP contribution in [0.5, 0.6) is 0 Å². The number of hydrogen-bond donors (Lipinski definition) is 1. The lowest BCUT2D eigenvalue weighted by atomic mass is 9.59. The number of Topliss-reactive ketones (excluding diaryl/α,β-unsaturated/α-hetero) is 1. The highest BCUT2D eigenvalue weighted by molar-refractivity contribution is 6.14. The number of ether oxygens (including phenoxy) is 2. The number of carbonyl (C=O) groups excluding carboxylic acids is 3. The first-order valence-electron chi connectivity index (χ1n) is 16.3. The van der Waals surface area contributed by atoms with Gasteiger partial charge in [-0.2, -0.15) is 5.10 Å². The Balaban J connectivity index is 1.62. The van der Waals surface area contributed by atoms with Gasteiger partial charge in [-0.3, -0.25) is 19.7 Å². The van der Waals surface area contributed by atoms with Crippen molar-refractivity contribution < 1.29 is 23.9 Å². The lowest BCUT2D eigenvalue weighted by molar-refractivity contribution is -0.156. The number of nitrogens with one attached hydrogen (secondary N) is 1. The van der Waals surface area contributed by atoms with E-state index >= 15 is 4.79 Å². The Bertz CT molecular complexity index is 1710. The summed E-state index contributed by atoms with van der Waals surface area (Å²) in [5.41, 5.74) is 6.39. The van der Waals surface area contributed by atoms with E-state index in [2.05, 4.69) is 5.32 Å². The third-order valence-electron chi connectivity index (χ3n) is 9.48. The summed E-state index contributed by atoms with van der Waals surface area (Å²) in [5, 5.41) is 10.7. The first kappa shape index (κ1) is 32.2. The summed E-state index contributed by atoms with van der Waals surface area (Å²) in [6.45, 7) is 7.72. The van der Waals surface area contributed by atoms with Crippen molar-refractivity contribution in [1.29, 1.82) is 0 Å². The summed E-state index contributed by atoms with van der Waals surface area (Å²) in [6.07, 6.45) is -0.407. The molecule has 2 aliphatic heterocycles. The van der Waals surface area contributed by atoms with E-state index in [1.807, 2.05) is 117 Å². The summed E-state index contributed by atoms with van der Waals surface area (Å²) in [4.78, 5) is 45.2. The van der Waals surface area contributed by atoms with E-state index in [1.165, 1.54) is 0 Å². The molecule has 0 aromatic heterocycles. The lowest BCUT2D eigenvalue weighted by Crippen LogP contribution is -2.57. The minimum absolute atomic E-state index is 0.107. The van der Waals surface area contributed by atoms with Gasteiger partial charge in [0.2, 0.25) is 0 Å². The van der Waals surface area contributed by atoms with Crippen LogP contribution in [0.3, 0.4) is 0 Å². The molecule has 0 amide bonds. The molecule has 6 atom stereocenters.